The predicted molar refractivity (Wildman–Crippen MR) is 192 cm³/mol. The van der Waals surface area contributed by atoms with Crippen LogP contribution < -0.4 is 26.0 Å². The minimum atomic E-state index is -0.880. The van der Waals surface area contributed by atoms with Crippen LogP contribution in [0.2, 0.25) is 5.02 Å². The van der Waals surface area contributed by atoms with Crippen molar-refractivity contribution in [1.29, 1.82) is 0 Å². The zero-order valence-corrected chi connectivity index (χ0v) is 29.1. The SMILES string of the molecule is COc1nc(C2(c3cnc4c(c3)CCC[C@H]4NC[C@H]3CCC(=O)N3)C=CC=C(c3ccccc3Cl)C2Cl)ccc1CNC[C@@H]1CCC(=O)N1. The molecule has 0 bridgehead atoms. The molecule has 0 radical (unpaired) electrons. The van der Waals surface area contributed by atoms with Crippen molar-refractivity contribution < 1.29 is 14.3 Å². The topological polar surface area (TPSA) is 117 Å². The number of ether oxygens (including phenoxy) is 1. The van der Waals surface area contributed by atoms with Gasteiger partial charge in [-0.1, -0.05) is 60.2 Å². The first-order valence-electron chi connectivity index (χ1n) is 17.2. The highest BCUT2D eigenvalue weighted by molar-refractivity contribution is 6.34. The Bertz CT molecular complexity index is 1800. The van der Waals surface area contributed by atoms with Crippen LogP contribution in [0.3, 0.4) is 0 Å². The summed E-state index contributed by atoms with van der Waals surface area (Å²) in [6.45, 7) is 1.94. The molecule has 4 aliphatic rings. The first-order chi connectivity index (χ1) is 23.9. The Hall–Kier alpha value is -3.76. The molecule has 11 heteroatoms. The smallest absolute Gasteiger partial charge is 0.220 e. The average molecular weight is 702 g/mol. The van der Waals surface area contributed by atoms with Gasteiger partial charge >= 0.3 is 0 Å². The van der Waals surface area contributed by atoms with Gasteiger partial charge in [0.15, 0.2) is 0 Å². The molecule has 2 fully saturated rings. The molecular formula is C38H42Cl2N6O3. The molecule has 7 rings (SSSR count). The lowest BCUT2D eigenvalue weighted by Gasteiger charge is -2.39. The number of fused-ring (bicyclic) bond motifs is 1. The van der Waals surface area contributed by atoms with E-state index in [1.54, 1.807) is 7.11 Å². The molecule has 49 heavy (non-hydrogen) atoms. The lowest BCUT2D eigenvalue weighted by molar-refractivity contribution is -0.120. The molecule has 2 aliphatic heterocycles. The summed E-state index contributed by atoms with van der Waals surface area (Å²) in [5, 5.41) is 13.3. The molecule has 2 saturated heterocycles. The number of hydrogen-bond acceptors (Lipinski definition) is 7. The Kier molecular flexibility index (Phi) is 10.1. The Labute approximate surface area is 297 Å². The largest absolute Gasteiger partial charge is 0.481 e. The second-order valence-electron chi connectivity index (χ2n) is 13.4. The number of alkyl halides is 1. The van der Waals surface area contributed by atoms with Gasteiger partial charge in [0.25, 0.3) is 0 Å². The summed E-state index contributed by atoms with van der Waals surface area (Å²) in [5.41, 5.74) is 5.73. The van der Waals surface area contributed by atoms with E-state index in [0.717, 1.165) is 72.3 Å². The number of aromatic nitrogens is 2. The molecular weight excluding hydrogens is 659 g/mol. The van der Waals surface area contributed by atoms with Crippen molar-refractivity contribution in [2.75, 3.05) is 20.2 Å². The summed E-state index contributed by atoms with van der Waals surface area (Å²) in [6, 6.07) is 14.5. The number of carbonyl (C=O) groups excluding carboxylic acids is 2. The molecule has 2 amide bonds. The number of carbonyl (C=O) groups is 2. The van der Waals surface area contributed by atoms with Crippen LogP contribution in [0.5, 0.6) is 5.88 Å². The number of aryl methyl sites for hydroxylation is 1. The predicted octanol–water partition coefficient (Wildman–Crippen LogP) is 5.30. The molecule has 0 spiro atoms. The van der Waals surface area contributed by atoms with Crippen molar-refractivity contribution >= 4 is 40.6 Å². The molecule has 4 N–H and O–H groups in total. The lowest BCUT2D eigenvalue weighted by atomic mass is 9.68. The number of nitrogens with one attached hydrogen (secondary N) is 4. The van der Waals surface area contributed by atoms with Crippen LogP contribution in [0.1, 0.15) is 78.2 Å². The quantitative estimate of drug-likeness (QED) is 0.201. The summed E-state index contributed by atoms with van der Waals surface area (Å²) in [4.78, 5) is 33.6. The van der Waals surface area contributed by atoms with E-state index >= 15 is 0 Å². The van der Waals surface area contributed by atoms with Crippen molar-refractivity contribution in [2.45, 2.75) is 80.4 Å². The van der Waals surface area contributed by atoms with Gasteiger partial charge in [0.2, 0.25) is 17.7 Å². The third kappa shape index (κ3) is 6.86. The molecule has 3 aromatic rings. The Morgan fingerprint density at radius 2 is 1.78 bits per heavy atom. The molecule has 5 atom stereocenters. The molecule has 256 valence electrons. The maximum absolute atomic E-state index is 11.8. The van der Waals surface area contributed by atoms with Gasteiger partial charge in [0, 0.05) is 67.4 Å². The number of hydrogen-bond donors (Lipinski definition) is 4. The van der Waals surface area contributed by atoms with E-state index in [0.29, 0.717) is 36.8 Å². The number of methoxy groups -OCH3 is 1. The third-order valence-corrected chi connectivity index (χ3v) is 11.2. The lowest BCUT2D eigenvalue weighted by Crippen LogP contribution is -2.40. The number of benzene rings is 1. The van der Waals surface area contributed by atoms with Crippen LogP contribution >= 0.6 is 23.2 Å². The van der Waals surface area contributed by atoms with Crippen molar-refractivity contribution in [3.8, 4) is 5.88 Å². The molecule has 9 nitrogen and oxygen atoms in total. The van der Waals surface area contributed by atoms with Gasteiger partial charge in [-0.05, 0) is 66.5 Å². The van der Waals surface area contributed by atoms with E-state index in [1.807, 2.05) is 54.7 Å². The number of halogens is 2. The number of rotatable bonds is 11. The van der Waals surface area contributed by atoms with E-state index in [1.165, 1.54) is 5.56 Å². The first kappa shape index (κ1) is 33.7. The maximum atomic E-state index is 11.8. The normalized spacial score (nSPS) is 26.2. The summed E-state index contributed by atoms with van der Waals surface area (Å²) in [6.07, 6.45) is 13.9. The Morgan fingerprint density at radius 3 is 2.51 bits per heavy atom. The Morgan fingerprint density at radius 1 is 1.00 bits per heavy atom. The van der Waals surface area contributed by atoms with E-state index in [2.05, 4.69) is 33.4 Å². The highest BCUT2D eigenvalue weighted by atomic mass is 35.5. The van der Waals surface area contributed by atoms with Gasteiger partial charge in [-0.3, -0.25) is 14.6 Å². The van der Waals surface area contributed by atoms with Gasteiger partial charge in [-0.25, -0.2) is 4.98 Å². The van der Waals surface area contributed by atoms with Crippen LogP contribution in [-0.4, -0.2) is 59.4 Å². The zero-order valence-electron chi connectivity index (χ0n) is 27.6. The minimum Gasteiger partial charge on any atom is -0.481 e. The fourth-order valence-electron chi connectivity index (χ4n) is 7.68. The summed E-state index contributed by atoms with van der Waals surface area (Å²) < 4.78 is 5.87. The van der Waals surface area contributed by atoms with E-state index < -0.39 is 10.8 Å². The summed E-state index contributed by atoms with van der Waals surface area (Å²) in [5.74, 6) is 0.739. The van der Waals surface area contributed by atoms with E-state index in [9.17, 15) is 9.59 Å². The number of pyridine rings is 2. The molecule has 2 aliphatic carbocycles. The second kappa shape index (κ2) is 14.6. The molecule has 4 heterocycles. The maximum Gasteiger partial charge on any atom is 0.220 e. The number of allylic oxidation sites excluding steroid dienone is 4. The number of nitrogens with zero attached hydrogens (tertiary/aromatic N) is 2. The van der Waals surface area contributed by atoms with Gasteiger partial charge in [-0.2, -0.15) is 0 Å². The molecule has 1 aromatic carbocycles. The van der Waals surface area contributed by atoms with Crippen LogP contribution in [-0.2, 0) is 28.0 Å². The standard InChI is InChI=1S/C38H42Cl2N6O3/c1-49-37-24(19-41-21-26-12-15-33(47)44-26)11-14-32(46-37)38(17-5-8-29(36(38)40)28-7-2-3-9-30(28)39)25-18-23-6-4-10-31(35(23)43-20-25)42-22-27-13-16-34(48)45-27/h2-3,5,7-9,11,14,17-18,20,26-27,31,36,41-42H,4,6,10,12-13,15-16,19,21-22H2,1H3,(H,44,47)(H,45,48)/t26-,27+,31+,36?,38?/m0/s1. The van der Waals surface area contributed by atoms with Crippen LogP contribution in [0.4, 0.5) is 0 Å². The fraction of sp³-hybridized carbons (Fsp3) is 0.421. The molecule has 2 aromatic heterocycles. The van der Waals surface area contributed by atoms with E-state index in [4.69, 9.17) is 37.9 Å². The highest BCUT2D eigenvalue weighted by Crippen LogP contribution is 2.49. The van der Waals surface area contributed by atoms with Crippen molar-refractivity contribution in [1.82, 2.24) is 31.2 Å². The zero-order chi connectivity index (χ0) is 34.0. The van der Waals surface area contributed by atoms with E-state index in [-0.39, 0.29) is 29.9 Å². The van der Waals surface area contributed by atoms with Gasteiger partial charge in [0.05, 0.1) is 29.3 Å². The van der Waals surface area contributed by atoms with Gasteiger partial charge in [0.1, 0.15) is 0 Å². The summed E-state index contributed by atoms with van der Waals surface area (Å²) in [7, 11) is 1.63. The summed E-state index contributed by atoms with van der Waals surface area (Å²) >= 11 is 14.4. The van der Waals surface area contributed by atoms with Crippen molar-refractivity contribution in [3.05, 3.63) is 106 Å². The average Bonchev–Trinajstić information content (AvgIpc) is 3.74. The highest BCUT2D eigenvalue weighted by Gasteiger charge is 2.45. The third-order valence-electron chi connectivity index (χ3n) is 10.3. The van der Waals surface area contributed by atoms with Gasteiger partial charge < -0.3 is 26.0 Å². The van der Waals surface area contributed by atoms with Crippen LogP contribution in [0.15, 0.2) is 66.9 Å². The fourth-order valence-corrected chi connectivity index (χ4v) is 8.42. The van der Waals surface area contributed by atoms with Crippen molar-refractivity contribution in [2.24, 2.45) is 0 Å². The van der Waals surface area contributed by atoms with Gasteiger partial charge in [-0.15, -0.1) is 11.6 Å². The second-order valence-corrected chi connectivity index (χ2v) is 14.3. The monoisotopic (exact) mass is 700 g/mol. The number of amides is 2. The van der Waals surface area contributed by atoms with Crippen molar-refractivity contribution in [3.63, 3.8) is 0 Å². The van der Waals surface area contributed by atoms with Crippen LogP contribution in [0, 0.1) is 0 Å². The molecule has 2 unspecified atom stereocenters. The van der Waals surface area contributed by atoms with Crippen LogP contribution in [0.25, 0.3) is 5.57 Å². The Balaban J connectivity index is 1.23. The first-order valence-corrected chi connectivity index (χ1v) is 18.0. The minimum absolute atomic E-state index is 0.101. The molecule has 0 saturated carbocycles.